The lowest BCUT2D eigenvalue weighted by Crippen LogP contribution is -1.97. The highest BCUT2D eigenvalue weighted by Gasteiger charge is 2.03. The van der Waals surface area contributed by atoms with Crippen molar-refractivity contribution < 1.29 is 9.18 Å². The molecule has 1 aromatic rings. The number of rotatable bonds is 2. The Bertz CT molecular complexity index is 309. The summed E-state index contributed by atoms with van der Waals surface area (Å²) in [5.41, 5.74) is 0.697. The van der Waals surface area contributed by atoms with E-state index in [2.05, 4.69) is 15.9 Å². The first kappa shape index (κ1) is 9.39. The van der Waals surface area contributed by atoms with Crippen LogP contribution in [0.1, 0.15) is 12.5 Å². The minimum absolute atomic E-state index is 0.0290. The monoisotopic (exact) mass is 230 g/mol. The van der Waals surface area contributed by atoms with Crippen LogP contribution in [-0.4, -0.2) is 5.78 Å². The third kappa shape index (κ3) is 2.41. The number of hydrogen-bond acceptors (Lipinski definition) is 1. The molecule has 12 heavy (non-hydrogen) atoms. The number of hydrogen-bond donors (Lipinski definition) is 0. The molecule has 3 heteroatoms. The van der Waals surface area contributed by atoms with Gasteiger partial charge in [0.05, 0.1) is 0 Å². The molecule has 1 aromatic carbocycles. The quantitative estimate of drug-likeness (QED) is 0.764. The molecule has 0 aliphatic rings. The molecule has 0 unspecified atom stereocenters. The van der Waals surface area contributed by atoms with Crippen molar-refractivity contribution in [3.05, 3.63) is 34.1 Å². The largest absolute Gasteiger partial charge is 0.300 e. The zero-order chi connectivity index (χ0) is 9.14. The van der Waals surface area contributed by atoms with Crippen LogP contribution in [0.3, 0.4) is 0 Å². The van der Waals surface area contributed by atoms with Crippen molar-refractivity contribution in [2.75, 3.05) is 0 Å². The van der Waals surface area contributed by atoms with E-state index >= 15 is 0 Å². The van der Waals surface area contributed by atoms with Gasteiger partial charge in [-0.2, -0.15) is 0 Å². The van der Waals surface area contributed by atoms with E-state index in [1.807, 2.05) is 0 Å². The molecule has 1 nitrogen and oxygen atoms in total. The SMILES string of the molecule is CC(=O)Cc1cc(F)ccc1Br. The Balaban J connectivity index is 2.97. The van der Waals surface area contributed by atoms with Gasteiger partial charge in [0.15, 0.2) is 0 Å². The third-order valence-electron chi connectivity index (χ3n) is 1.45. The number of benzene rings is 1. The highest BCUT2D eigenvalue weighted by molar-refractivity contribution is 9.10. The smallest absolute Gasteiger partial charge is 0.134 e. The zero-order valence-electron chi connectivity index (χ0n) is 6.60. The van der Waals surface area contributed by atoms with E-state index in [0.29, 0.717) is 5.56 Å². The molecule has 64 valence electrons. The Kier molecular flexibility index (Phi) is 2.98. The van der Waals surface area contributed by atoms with Crippen LogP contribution < -0.4 is 0 Å². The van der Waals surface area contributed by atoms with Crippen LogP contribution in [-0.2, 0) is 11.2 Å². The molecule has 0 saturated heterocycles. The van der Waals surface area contributed by atoms with E-state index in [1.54, 1.807) is 6.07 Å². The second-order valence-corrected chi connectivity index (χ2v) is 3.47. The van der Waals surface area contributed by atoms with Gasteiger partial charge in [0.1, 0.15) is 11.6 Å². The van der Waals surface area contributed by atoms with Gasteiger partial charge in [-0.25, -0.2) is 4.39 Å². The molecule has 0 bridgehead atoms. The molecule has 0 N–H and O–H groups in total. The fraction of sp³-hybridized carbons (Fsp3) is 0.222. The minimum Gasteiger partial charge on any atom is -0.300 e. The first-order valence-corrected chi connectivity index (χ1v) is 4.32. The van der Waals surface area contributed by atoms with Gasteiger partial charge in [-0.3, -0.25) is 4.79 Å². The van der Waals surface area contributed by atoms with Crippen molar-refractivity contribution in [2.24, 2.45) is 0 Å². The van der Waals surface area contributed by atoms with E-state index in [0.717, 1.165) is 4.47 Å². The molecule has 0 aliphatic carbocycles. The molecular formula is C9H8BrFO. The summed E-state index contributed by atoms with van der Waals surface area (Å²) < 4.78 is 13.4. The van der Waals surface area contributed by atoms with Crippen molar-refractivity contribution >= 4 is 21.7 Å². The summed E-state index contributed by atoms with van der Waals surface area (Å²) in [5.74, 6) is -0.282. The van der Waals surface area contributed by atoms with Crippen molar-refractivity contribution in [1.82, 2.24) is 0 Å². The number of halogens is 2. The van der Waals surface area contributed by atoms with Crippen LogP contribution in [0.5, 0.6) is 0 Å². The van der Waals surface area contributed by atoms with Crippen LogP contribution in [0.15, 0.2) is 22.7 Å². The van der Waals surface area contributed by atoms with Crippen LogP contribution in [0.4, 0.5) is 4.39 Å². The van der Waals surface area contributed by atoms with Gasteiger partial charge in [-0.05, 0) is 30.7 Å². The van der Waals surface area contributed by atoms with Gasteiger partial charge in [0, 0.05) is 10.9 Å². The summed E-state index contributed by atoms with van der Waals surface area (Å²) in [6.07, 6.45) is 0.276. The number of Topliss-reactive ketones (excluding diaryl/α,β-unsaturated/α-hetero) is 1. The molecule has 0 aromatic heterocycles. The topological polar surface area (TPSA) is 17.1 Å². The summed E-state index contributed by atoms with van der Waals surface area (Å²) >= 11 is 3.24. The van der Waals surface area contributed by atoms with Crippen LogP contribution in [0.25, 0.3) is 0 Å². The normalized spacial score (nSPS) is 9.92. The highest BCUT2D eigenvalue weighted by atomic mass is 79.9. The van der Waals surface area contributed by atoms with E-state index < -0.39 is 0 Å². The Morgan fingerprint density at radius 2 is 2.25 bits per heavy atom. The fourth-order valence-electron chi connectivity index (χ4n) is 0.947. The first-order chi connectivity index (χ1) is 5.59. The molecule has 0 spiro atoms. The molecule has 1 rings (SSSR count). The summed E-state index contributed by atoms with van der Waals surface area (Å²) in [6.45, 7) is 1.48. The van der Waals surface area contributed by atoms with Crippen molar-refractivity contribution in [2.45, 2.75) is 13.3 Å². The van der Waals surface area contributed by atoms with E-state index in [9.17, 15) is 9.18 Å². The van der Waals surface area contributed by atoms with E-state index in [4.69, 9.17) is 0 Å². The Hall–Kier alpha value is -0.700. The first-order valence-electron chi connectivity index (χ1n) is 3.53. The van der Waals surface area contributed by atoms with Crippen LogP contribution in [0, 0.1) is 5.82 Å². The van der Waals surface area contributed by atoms with Gasteiger partial charge in [0.2, 0.25) is 0 Å². The fourth-order valence-corrected chi connectivity index (χ4v) is 1.33. The van der Waals surface area contributed by atoms with Gasteiger partial charge in [0.25, 0.3) is 0 Å². The Labute approximate surface area is 78.7 Å². The minimum atomic E-state index is -0.311. The standard InChI is InChI=1S/C9H8BrFO/c1-6(12)4-7-5-8(11)2-3-9(7)10/h2-3,5H,4H2,1H3. The predicted molar refractivity (Wildman–Crippen MR) is 48.5 cm³/mol. The average molecular weight is 231 g/mol. The number of ketones is 1. The van der Waals surface area contributed by atoms with E-state index in [-0.39, 0.29) is 18.0 Å². The van der Waals surface area contributed by atoms with Gasteiger partial charge < -0.3 is 0 Å². The van der Waals surface area contributed by atoms with Crippen molar-refractivity contribution in [3.8, 4) is 0 Å². The Morgan fingerprint density at radius 1 is 1.58 bits per heavy atom. The van der Waals surface area contributed by atoms with Crippen molar-refractivity contribution in [1.29, 1.82) is 0 Å². The molecule has 0 aliphatic heterocycles. The van der Waals surface area contributed by atoms with Crippen LogP contribution >= 0.6 is 15.9 Å². The lowest BCUT2D eigenvalue weighted by molar-refractivity contribution is -0.116. The second kappa shape index (κ2) is 3.81. The third-order valence-corrected chi connectivity index (χ3v) is 2.22. The lowest BCUT2D eigenvalue weighted by Gasteiger charge is -2.00. The predicted octanol–water partition coefficient (Wildman–Crippen LogP) is 2.72. The molecule has 0 heterocycles. The van der Waals surface area contributed by atoms with Gasteiger partial charge >= 0.3 is 0 Å². The Morgan fingerprint density at radius 3 is 2.83 bits per heavy atom. The highest BCUT2D eigenvalue weighted by Crippen LogP contribution is 2.18. The molecule has 0 amide bonds. The summed E-state index contributed by atoms with van der Waals surface area (Å²) in [6, 6.07) is 4.33. The lowest BCUT2D eigenvalue weighted by atomic mass is 10.1. The summed E-state index contributed by atoms with van der Waals surface area (Å²) in [5, 5.41) is 0. The van der Waals surface area contributed by atoms with Gasteiger partial charge in [-0.15, -0.1) is 0 Å². The van der Waals surface area contributed by atoms with E-state index in [1.165, 1.54) is 19.1 Å². The maximum Gasteiger partial charge on any atom is 0.134 e. The second-order valence-electron chi connectivity index (χ2n) is 2.61. The van der Waals surface area contributed by atoms with Gasteiger partial charge in [-0.1, -0.05) is 15.9 Å². The average Bonchev–Trinajstić information content (AvgIpc) is 1.96. The molecule has 0 saturated carbocycles. The maximum atomic E-state index is 12.7. The zero-order valence-corrected chi connectivity index (χ0v) is 8.19. The van der Waals surface area contributed by atoms with Crippen molar-refractivity contribution in [3.63, 3.8) is 0 Å². The summed E-state index contributed by atoms with van der Waals surface area (Å²) in [4.78, 5) is 10.7. The molecule has 0 fully saturated rings. The number of carbonyl (C=O) groups excluding carboxylic acids is 1. The summed E-state index contributed by atoms with van der Waals surface area (Å²) in [7, 11) is 0. The molecular weight excluding hydrogens is 223 g/mol. The van der Waals surface area contributed by atoms with Crippen LogP contribution in [0.2, 0.25) is 0 Å². The number of carbonyl (C=O) groups is 1. The maximum absolute atomic E-state index is 12.7. The molecule has 0 atom stereocenters. The molecule has 0 radical (unpaired) electrons.